The van der Waals surface area contributed by atoms with Crippen molar-refractivity contribution in [2.45, 2.75) is 96.6 Å². The molecule has 1 spiro atoms. The van der Waals surface area contributed by atoms with E-state index in [1.165, 1.54) is 0 Å². The van der Waals surface area contributed by atoms with Gasteiger partial charge in [-0.15, -0.1) is 0 Å². The van der Waals surface area contributed by atoms with E-state index in [9.17, 15) is 0 Å². The molecule has 1 saturated carbocycles. The molecular formula is C16H30O4. The standard InChI is InChI=1S/C16H30O4/c1-4-6-10-15(11-7-5-2)17-19-16(20-18-15)12-8-14(3)9-13-16/h14H,4-13H2,1-3H3. The Labute approximate surface area is 123 Å². The van der Waals surface area contributed by atoms with Crippen molar-refractivity contribution in [2.75, 3.05) is 0 Å². The first kappa shape index (κ1) is 16.2. The van der Waals surface area contributed by atoms with Gasteiger partial charge in [0, 0.05) is 25.7 Å². The first-order valence-electron chi connectivity index (χ1n) is 8.37. The molecule has 2 fully saturated rings. The largest absolute Gasteiger partial charge is 0.234 e. The molecule has 2 aliphatic rings. The molecule has 1 heterocycles. The topological polar surface area (TPSA) is 36.9 Å². The van der Waals surface area contributed by atoms with Crippen molar-refractivity contribution in [1.82, 2.24) is 0 Å². The minimum Gasteiger partial charge on any atom is -0.195 e. The van der Waals surface area contributed by atoms with Gasteiger partial charge in [0.1, 0.15) is 0 Å². The van der Waals surface area contributed by atoms with Crippen molar-refractivity contribution in [2.24, 2.45) is 5.92 Å². The summed E-state index contributed by atoms with van der Waals surface area (Å²) in [7, 11) is 0. The molecule has 0 atom stereocenters. The summed E-state index contributed by atoms with van der Waals surface area (Å²) >= 11 is 0. The molecule has 0 aromatic rings. The second-order valence-electron chi connectivity index (χ2n) is 6.54. The van der Waals surface area contributed by atoms with Crippen LogP contribution in [0, 0.1) is 5.92 Å². The van der Waals surface area contributed by atoms with Crippen LogP contribution in [0.4, 0.5) is 0 Å². The summed E-state index contributed by atoms with van der Waals surface area (Å²) in [5, 5.41) is 0. The van der Waals surface area contributed by atoms with Crippen LogP contribution in [0.25, 0.3) is 0 Å². The second-order valence-corrected chi connectivity index (χ2v) is 6.54. The third kappa shape index (κ3) is 3.94. The molecule has 2 rings (SSSR count). The summed E-state index contributed by atoms with van der Waals surface area (Å²) in [5.74, 6) is -0.617. The van der Waals surface area contributed by atoms with E-state index < -0.39 is 11.6 Å². The van der Waals surface area contributed by atoms with Crippen LogP contribution in [-0.2, 0) is 19.6 Å². The van der Waals surface area contributed by atoms with Gasteiger partial charge in [0.25, 0.3) is 0 Å². The van der Waals surface area contributed by atoms with E-state index in [0.29, 0.717) is 0 Å². The average Bonchev–Trinajstić information content (AvgIpc) is 2.49. The minimum atomic E-state index is -0.694. The highest BCUT2D eigenvalue weighted by Crippen LogP contribution is 2.43. The van der Waals surface area contributed by atoms with Crippen LogP contribution in [0.15, 0.2) is 0 Å². The normalized spacial score (nSPS) is 25.9. The second kappa shape index (κ2) is 7.21. The van der Waals surface area contributed by atoms with Gasteiger partial charge in [-0.3, -0.25) is 0 Å². The molecule has 0 aromatic carbocycles. The Kier molecular flexibility index (Phi) is 5.84. The van der Waals surface area contributed by atoms with Crippen molar-refractivity contribution in [3.05, 3.63) is 0 Å². The van der Waals surface area contributed by atoms with Crippen molar-refractivity contribution in [3.8, 4) is 0 Å². The fraction of sp³-hybridized carbons (Fsp3) is 1.00. The van der Waals surface area contributed by atoms with Crippen LogP contribution >= 0.6 is 0 Å². The predicted molar refractivity (Wildman–Crippen MR) is 76.5 cm³/mol. The summed E-state index contributed by atoms with van der Waals surface area (Å²) in [4.78, 5) is 22.9. The van der Waals surface area contributed by atoms with E-state index in [1.807, 2.05) is 0 Å². The Hall–Kier alpha value is -0.160. The molecule has 0 radical (unpaired) electrons. The smallest absolute Gasteiger partial charge is 0.195 e. The van der Waals surface area contributed by atoms with Gasteiger partial charge in [0.15, 0.2) is 0 Å². The molecule has 0 unspecified atom stereocenters. The molecule has 1 aliphatic carbocycles. The number of unbranched alkanes of at least 4 members (excludes halogenated alkanes) is 2. The van der Waals surface area contributed by atoms with Gasteiger partial charge in [-0.2, -0.15) is 19.6 Å². The molecule has 1 aliphatic heterocycles. The third-order valence-electron chi connectivity index (χ3n) is 4.55. The van der Waals surface area contributed by atoms with Gasteiger partial charge in [0.05, 0.1) is 0 Å². The van der Waals surface area contributed by atoms with Crippen LogP contribution in [0.3, 0.4) is 0 Å². The Morgan fingerprint density at radius 1 is 0.850 bits per heavy atom. The van der Waals surface area contributed by atoms with E-state index in [0.717, 1.165) is 70.1 Å². The molecule has 0 aromatic heterocycles. The van der Waals surface area contributed by atoms with Crippen molar-refractivity contribution in [3.63, 3.8) is 0 Å². The van der Waals surface area contributed by atoms with Gasteiger partial charge in [0.2, 0.25) is 11.6 Å². The van der Waals surface area contributed by atoms with Crippen LogP contribution in [0.2, 0.25) is 0 Å². The van der Waals surface area contributed by atoms with E-state index in [2.05, 4.69) is 20.8 Å². The van der Waals surface area contributed by atoms with Crippen molar-refractivity contribution in [1.29, 1.82) is 0 Å². The first-order chi connectivity index (χ1) is 9.64. The van der Waals surface area contributed by atoms with Gasteiger partial charge < -0.3 is 0 Å². The molecule has 4 nitrogen and oxygen atoms in total. The van der Waals surface area contributed by atoms with Crippen molar-refractivity contribution >= 4 is 0 Å². The molecule has 1 saturated heterocycles. The van der Waals surface area contributed by atoms with Crippen LogP contribution in [0.1, 0.15) is 85.0 Å². The zero-order valence-electron chi connectivity index (χ0n) is 13.3. The molecule has 0 amide bonds. The highest BCUT2D eigenvalue weighted by atomic mass is 17.4. The average molecular weight is 286 g/mol. The summed E-state index contributed by atoms with van der Waals surface area (Å²) in [6, 6.07) is 0. The van der Waals surface area contributed by atoms with Gasteiger partial charge in [-0.05, 0) is 31.6 Å². The lowest BCUT2D eigenvalue weighted by Crippen LogP contribution is -2.52. The fourth-order valence-electron chi connectivity index (χ4n) is 2.88. The van der Waals surface area contributed by atoms with Crippen LogP contribution in [0.5, 0.6) is 0 Å². The minimum absolute atomic E-state index is 0.658. The van der Waals surface area contributed by atoms with Crippen molar-refractivity contribution < 1.29 is 19.6 Å². The SMILES string of the molecule is CCCCC1(CCCC)OOC2(CCC(C)CC2)OO1. The maximum atomic E-state index is 5.75. The Bertz CT molecular complexity index is 264. The summed E-state index contributed by atoms with van der Waals surface area (Å²) in [6.07, 6.45) is 9.91. The summed E-state index contributed by atoms with van der Waals surface area (Å²) in [6.45, 7) is 6.61. The Morgan fingerprint density at radius 2 is 1.35 bits per heavy atom. The van der Waals surface area contributed by atoms with Crippen LogP contribution < -0.4 is 0 Å². The maximum absolute atomic E-state index is 5.75. The molecule has 4 heteroatoms. The molecule has 0 bridgehead atoms. The lowest BCUT2D eigenvalue weighted by Gasteiger charge is -2.45. The fourth-order valence-corrected chi connectivity index (χ4v) is 2.88. The predicted octanol–water partition coefficient (Wildman–Crippen LogP) is 4.88. The van der Waals surface area contributed by atoms with E-state index >= 15 is 0 Å². The zero-order valence-corrected chi connectivity index (χ0v) is 13.3. The van der Waals surface area contributed by atoms with Gasteiger partial charge in [-0.25, -0.2) is 0 Å². The van der Waals surface area contributed by atoms with Gasteiger partial charge >= 0.3 is 0 Å². The summed E-state index contributed by atoms with van der Waals surface area (Å²) in [5.41, 5.74) is 0. The lowest BCUT2D eigenvalue weighted by molar-refractivity contribution is -0.661. The zero-order chi connectivity index (χ0) is 14.5. The first-order valence-corrected chi connectivity index (χ1v) is 8.37. The Balaban J connectivity index is 1.91. The monoisotopic (exact) mass is 286 g/mol. The van der Waals surface area contributed by atoms with E-state index in [4.69, 9.17) is 19.6 Å². The number of rotatable bonds is 6. The van der Waals surface area contributed by atoms with Gasteiger partial charge in [-0.1, -0.05) is 33.6 Å². The van der Waals surface area contributed by atoms with E-state index in [-0.39, 0.29) is 0 Å². The number of hydrogen-bond donors (Lipinski definition) is 0. The highest BCUT2D eigenvalue weighted by molar-refractivity contribution is 4.79. The molecule has 0 N–H and O–H groups in total. The maximum Gasteiger partial charge on any atom is 0.234 e. The summed E-state index contributed by atoms with van der Waals surface area (Å²) < 4.78 is 0. The molecule has 118 valence electrons. The molecule has 20 heavy (non-hydrogen) atoms. The third-order valence-corrected chi connectivity index (χ3v) is 4.55. The highest BCUT2D eigenvalue weighted by Gasteiger charge is 2.49. The van der Waals surface area contributed by atoms with E-state index in [1.54, 1.807) is 0 Å². The van der Waals surface area contributed by atoms with Crippen LogP contribution in [-0.4, -0.2) is 11.6 Å². The lowest BCUT2D eigenvalue weighted by atomic mass is 9.86. The number of hydrogen-bond acceptors (Lipinski definition) is 4. The Morgan fingerprint density at radius 3 is 1.80 bits per heavy atom. The molecular weight excluding hydrogens is 256 g/mol. The quantitative estimate of drug-likeness (QED) is 0.652.